The normalized spacial score (nSPS) is 19.8. The third-order valence-corrected chi connectivity index (χ3v) is 3.12. The van der Waals surface area contributed by atoms with Crippen LogP contribution in [-0.2, 0) is 0 Å². The van der Waals surface area contributed by atoms with Crippen molar-refractivity contribution in [1.82, 2.24) is 4.90 Å². The van der Waals surface area contributed by atoms with Crippen molar-refractivity contribution in [3.63, 3.8) is 0 Å². The van der Waals surface area contributed by atoms with E-state index < -0.39 is 0 Å². The summed E-state index contributed by atoms with van der Waals surface area (Å²) in [5.74, 6) is 0. The summed E-state index contributed by atoms with van der Waals surface area (Å²) >= 11 is 0. The predicted octanol–water partition coefficient (Wildman–Crippen LogP) is 1.95. The van der Waals surface area contributed by atoms with Crippen LogP contribution in [0, 0.1) is 0 Å². The molecule has 0 amide bonds. The van der Waals surface area contributed by atoms with Crippen molar-refractivity contribution in [3.8, 4) is 0 Å². The highest BCUT2D eigenvalue weighted by molar-refractivity contribution is 4.70. The molecular weight excluding hydrogens is 212 g/mol. The van der Waals surface area contributed by atoms with E-state index in [1.54, 1.807) is 0 Å². The summed E-state index contributed by atoms with van der Waals surface area (Å²) < 4.78 is 0.831. The summed E-state index contributed by atoms with van der Waals surface area (Å²) in [5.41, 5.74) is 0. The van der Waals surface area contributed by atoms with Gasteiger partial charge in [-0.05, 0) is 33.9 Å². The molecule has 17 heavy (non-hydrogen) atoms. The fourth-order valence-corrected chi connectivity index (χ4v) is 2.39. The van der Waals surface area contributed by atoms with Gasteiger partial charge in [0.2, 0.25) is 0 Å². The number of hydrogen-bond acceptors (Lipinski definition) is 2. The lowest BCUT2D eigenvalue weighted by Gasteiger charge is -2.27. The molecule has 0 spiro atoms. The van der Waals surface area contributed by atoms with Crippen molar-refractivity contribution < 1.29 is 9.59 Å². The van der Waals surface area contributed by atoms with E-state index in [0.29, 0.717) is 0 Å². The molecule has 0 heterocycles. The minimum Gasteiger partial charge on any atom is -0.388 e. The highest BCUT2D eigenvalue weighted by Crippen LogP contribution is 2.20. The zero-order valence-corrected chi connectivity index (χ0v) is 12.7. The van der Waals surface area contributed by atoms with Gasteiger partial charge in [0.15, 0.2) is 0 Å². The van der Waals surface area contributed by atoms with Crippen molar-refractivity contribution in [3.05, 3.63) is 0 Å². The van der Waals surface area contributed by atoms with E-state index in [-0.39, 0.29) is 6.10 Å². The lowest BCUT2D eigenvalue weighted by Crippen LogP contribution is -2.40. The molecule has 0 aromatic heterocycles. The monoisotopic (exact) mass is 245 g/mol. The third-order valence-electron chi connectivity index (χ3n) is 3.12. The lowest BCUT2D eigenvalue weighted by molar-refractivity contribution is -0.873. The van der Waals surface area contributed by atoms with E-state index in [1.807, 2.05) is 6.92 Å². The number of aliphatic hydroxyl groups is 1. The highest BCUT2D eigenvalue weighted by atomic mass is 16.3. The van der Waals surface area contributed by atoms with Gasteiger partial charge in [-0.25, -0.2) is 0 Å². The van der Waals surface area contributed by atoms with E-state index in [0.717, 1.165) is 17.1 Å². The van der Waals surface area contributed by atoms with Crippen molar-refractivity contribution in [2.75, 3.05) is 41.8 Å². The van der Waals surface area contributed by atoms with Gasteiger partial charge in [0.1, 0.15) is 12.6 Å². The van der Waals surface area contributed by atoms with Gasteiger partial charge in [-0.2, -0.15) is 0 Å². The van der Waals surface area contributed by atoms with Crippen molar-refractivity contribution >= 4 is 0 Å². The molecule has 104 valence electrons. The zero-order chi connectivity index (χ0) is 13.5. The third kappa shape index (κ3) is 10.7. The van der Waals surface area contributed by atoms with Crippen LogP contribution in [0.1, 0.15) is 39.0 Å². The maximum atomic E-state index is 8.87. The molecule has 1 rings (SSSR count). The smallest absolute Gasteiger partial charge is 0.104 e. The fourth-order valence-electron chi connectivity index (χ4n) is 2.39. The van der Waals surface area contributed by atoms with Gasteiger partial charge in [0, 0.05) is 6.04 Å². The number of quaternary nitrogens is 1. The molecule has 1 aliphatic rings. The van der Waals surface area contributed by atoms with Crippen LogP contribution in [0.15, 0.2) is 0 Å². The molecule has 0 aliphatic heterocycles. The first-order chi connectivity index (χ1) is 7.72. The Bertz CT molecular complexity index is 179. The lowest BCUT2D eigenvalue weighted by atomic mass is 9.95. The Morgan fingerprint density at radius 1 is 1.12 bits per heavy atom. The second-order valence-electron chi connectivity index (χ2n) is 6.58. The molecule has 1 unspecified atom stereocenters. The molecule has 1 N–H and O–H groups in total. The zero-order valence-electron chi connectivity index (χ0n) is 12.7. The Morgan fingerprint density at radius 3 is 1.76 bits per heavy atom. The number of rotatable bonds is 3. The number of nitrogens with zero attached hydrogens (tertiary/aromatic N) is 2. The largest absolute Gasteiger partial charge is 0.388 e. The van der Waals surface area contributed by atoms with Crippen LogP contribution in [0.25, 0.3) is 0 Å². The van der Waals surface area contributed by atoms with E-state index in [4.69, 9.17) is 5.11 Å². The Labute approximate surface area is 108 Å². The van der Waals surface area contributed by atoms with E-state index in [1.165, 1.54) is 32.1 Å². The van der Waals surface area contributed by atoms with E-state index in [9.17, 15) is 0 Å². The van der Waals surface area contributed by atoms with Gasteiger partial charge < -0.3 is 14.5 Å². The molecule has 0 aromatic rings. The Hall–Kier alpha value is -0.120. The Kier molecular flexibility index (Phi) is 8.01. The van der Waals surface area contributed by atoms with Crippen LogP contribution in [0.3, 0.4) is 0 Å². The predicted molar refractivity (Wildman–Crippen MR) is 75.1 cm³/mol. The average Bonchev–Trinajstić information content (AvgIpc) is 2.16. The summed E-state index contributed by atoms with van der Waals surface area (Å²) in [4.78, 5) is 2.36. The minimum absolute atomic E-state index is 0.185. The van der Waals surface area contributed by atoms with Gasteiger partial charge in [0.05, 0.1) is 21.1 Å². The first kappa shape index (κ1) is 16.9. The maximum absolute atomic E-state index is 8.87. The van der Waals surface area contributed by atoms with Crippen LogP contribution in [0.4, 0.5) is 0 Å². The van der Waals surface area contributed by atoms with Crippen molar-refractivity contribution in [1.29, 1.82) is 0 Å². The fraction of sp³-hybridized carbons (Fsp3) is 1.00. The SMILES string of the molecule is CC(O)C[N+](C)(C)C.CN(C)C1CCCCC1. The van der Waals surface area contributed by atoms with Crippen LogP contribution in [-0.4, -0.2) is 68.4 Å². The first-order valence-corrected chi connectivity index (χ1v) is 6.87. The average molecular weight is 245 g/mol. The first-order valence-electron chi connectivity index (χ1n) is 6.87. The molecule has 0 saturated heterocycles. The standard InChI is InChI=1S/C8H17N.C6H16NO/c1-9(2)8-6-4-3-5-7-8;1-6(8)5-7(2,3)4/h8H,3-7H2,1-2H3;6,8H,5H2,1-4H3/q;+1. The van der Waals surface area contributed by atoms with Crippen molar-refractivity contribution in [2.24, 2.45) is 0 Å². The molecule has 1 saturated carbocycles. The molecule has 1 aliphatic carbocycles. The van der Waals surface area contributed by atoms with Gasteiger partial charge in [-0.3, -0.25) is 0 Å². The summed E-state index contributed by atoms with van der Waals surface area (Å²) in [5, 5.41) is 8.87. The van der Waals surface area contributed by atoms with Gasteiger partial charge in [0.25, 0.3) is 0 Å². The molecule has 3 heteroatoms. The molecule has 1 atom stereocenters. The molecular formula is C14H33N2O+. The number of hydrogen-bond donors (Lipinski definition) is 1. The second-order valence-corrected chi connectivity index (χ2v) is 6.58. The summed E-state index contributed by atoms with van der Waals surface area (Å²) in [6.07, 6.45) is 7.02. The summed E-state index contributed by atoms with van der Waals surface area (Å²) in [6, 6.07) is 0.888. The Morgan fingerprint density at radius 2 is 1.59 bits per heavy atom. The molecule has 3 nitrogen and oxygen atoms in total. The molecule has 0 aromatic carbocycles. The molecule has 0 bridgehead atoms. The topological polar surface area (TPSA) is 23.5 Å². The van der Waals surface area contributed by atoms with Crippen LogP contribution >= 0.6 is 0 Å². The van der Waals surface area contributed by atoms with E-state index in [2.05, 4.69) is 40.1 Å². The summed E-state index contributed by atoms with van der Waals surface area (Å²) in [6.45, 7) is 2.63. The van der Waals surface area contributed by atoms with Gasteiger partial charge in [-0.15, -0.1) is 0 Å². The second kappa shape index (κ2) is 8.06. The van der Waals surface area contributed by atoms with E-state index >= 15 is 0 Å². The molecule has 1 fully saturated rings. The Balaban J connectivity index is 0.000000304. The van der Waals surface area contributed by atoms with Crippen molar-refractivity contribution in [2.45, 2.75) is 51.2 Å². The maximum Gasteiger partial charge on any atom is 0.104 e. The highest BCUT2D eigenvalue weighted by Gasteiger charge is 2.14. The quantitative estimate of drug-likeness (QED) is 0.768. The number of aliphatic hydroxyl groups excluding tert-OH is 1. The van der Waals surface area contributed by atoms with Gasteiger partial charge >= 0.3 is 0 Å². The number of likely N-dealkylation sites (N-methyl/N-ethyl adjacent to an activating group) is 1. The summed E-state index contributed by atoms with van der Waals surface area (Å²) in [7, 11) is 10.6. The van der Waals surface area contributed by atoms with Crippen LogP contribution < -0.4 is 0 Å². The minimum atomic E-state index is -0.185. The molecule has 0 radical (unpaired) electrons. The van der Waals surface area contributed by atoms with Crippen LogP contribution in [0.5, 0.6) is 0 Å². The van der Waals surface area contributed by atoms with Crippen LogP contribution in [0.2, 0.25) is 0 Å². The van der Waals surface area contributed by atoms with Gasteiger partial charge in [-0.1, -0.05) is 19.3 Å².